The van der Waals surface area contributed by atoms with E-state index in [9.17, 15) is 0 Å². The predicted octanol–water partition coefficient (Wildman–Crippen LogP) is 1.45. The number of imidazole rings is 1. The lowest BCUT2D eigenvalue weighted by Crippen LogP contribution is -2.31. The van der Waals surface area contributed by atoms with Crippen LogP contribution in [0.4, 0.5) is 0 Å². The third kappa shape index (κ3) is 3.45. The zero-order chi connectivity index (χ0) is 15.4. The quantitative estimate of drug-likeness (QED) is 0.598. The SMILES string of the molecule is C=CCOCC1CN(Cc2nccn2C)Cc2ccnn2C1. The smallest absolute Gasteiger partial charge is 0.122 e. The number of fused-ring (bicyclic) bond motifs is 1. The number of ether oxygens (including phenoxy) is 1. The first-order valence-electron chi connectivity index (χ1n) is 7.64. The molecule has 0 N–H and O–H groups in total. The molecule has 6 heteroatoms. The Bertz CT molecular complexity index is 618. The van der Waals surface area contributed by atoms with Crippen molar-refractivity contribution in [2.75, 3.05) is 19.8 Å². The molecule has 22 heavy (non-hydrogen) atoms. The van der Waals surface area contributed by atoms with Crippen molar-refractivity contribution in [3.63, 3.8) is 0 Å². The molecule has 0 fully saturated rings. The molecule has 1 atom stereocenters. The molecule has 1 aliphatic rings. The summed E-state index contributed by atoms with van der Waals surface area (Å²) in [6, 6.07) is 2.10. The second-order valence-corrected chi connectivity index (χ2v) is 5.82. The number of rotatable bonds is 6. The molecule has 0 amide bonds. The summed E-state index contributed by atoms with van der Waals surface area (Å²) in [5, 5.41) is 4.44. The van der Waals surface area contributed by atoms with Gasteiger partial charge in [-0.1, -0.05) is 6.08 Å². The Hall–Kier alpha value is -1.92. The minimum Gasteiger partial charge on any atom is -0.377 e. The maximum Gasteiger partial charge on any atom is 0.122 e. The highest BCUT2D eigenvalue weighted by atomic mass is 16.5. The molecule has 3 heterocycles. The van der Waals surface area contributed by atoms with Crippen molar-refractivity contribution in [2.24, 2.45) is 13.0 Å². The third-order valence-corrected chi connectivity index (χ3v) is 4.01. The van der Waals surface area contributed by atoms with E-state index in [1.807, 2.05) is 25.6 Å². The highest BCUT2D eigenvalue weighted by molar-refractivity contribution is 5.03. The number of hydrogen-bond acceptors (Lipinski definition) is 4. The third-order valence-electron chi connectivity index (χ3n) is 4.01. The number of hydrogen-bond donors (Lipinski definition) is 0. The lowest BCUT2D eigenvalue weighted by Gasteiger charge is -2.23. The Balaban J connectivity index is 1.72. The highest BCUT2D eigenvalue weighted by Gasteiger charge is 2.23. The Labute approximate surface area is 131 Å². The lowest BCUT2D eigenvalue weighted by atomic mass is 10.1. The van der Waals surface area contributed by atoms with Gasteiger partial charge in [0.1, 0.15) is 5.82 Å². The molecule has 0 saturated carbocycles. The van der Waals surface area contributed by atoms with Crippen LogP contribution in [0.25, 0.3) is 0 Å². The molecular weight excluding hydrogens is 278 g/mol. The monoisotopic (exact) mass is 301 g/mol. The average molecular weight is 301 g/mol. The molecule has 2 aromatic heterocycles. The lowest BCUT2D eigenvalue weighted by molar-refractivity contribution is 0.0924. The molecule has 118 valence electrons. The van der Waals surface area contributed by atoms with Crippen molar-refractivity contribution in [1.82, 2.24) is 24.2 Å². The maximum atomic E-state index is 5.67. The number of aromatic nitrogens is 4. The van der Waals surface area contributed by atoms with Crippen LogP contribution in [0.15, 0.2) is 37.3 Å². The maximum absolute atomic E-state index is 5.67. The van der Waals surface area contributed by atoms with Gasteiger partial charge < -0.3 is 9.30 Å². The second-order valence-electron chi connectivity index (χ2n) is 5.82. The predicted molar refractivity (Wildman–Crippen MR) is 84.1 cm³/mol. The van der Waals surface area contributed by atoms with E-state index in [1.54, 1.807) is 6.08 Å². The largest absolute Gasteiger partial charge is 0.377 e. The summed E-state index contributed by atoms with van der Waals surface area (Å²) in [6.07, 6.45) is 7.51. The molecule has 0 aromatic carbocycles. The van der Waals surface area contributed by atoms with Crippen LogP contribution < -0.4 is 0 Å². The normalized spacial score (nSPS) is 18.9. The summed E-state index contributed by atoms with van der Waals surface area (Å²) in [4.78, 5) is 6.86. The van der Waals surface area contributed by atoms with E-state index in [0.717, 1.165) is 38.6 Å². The zero-order valence-electron chi connectivity index (χ0n) is 13.1. The molecule has 1 aliphatic heterocycles. The summed E-state index contributed by atoms with van der Waals surface area (Å²) in [7, 11) is 2.04. The molecule has 0 spiro atoms. The topological polar surface area (TPSA) is 48.1 Å². The summed E-state index contributed by atoms with van der Waals surface area (Å²) >= 11 is 0. The molecular formula is C16H23N5O. The van der Waals surface area contributed by atoms with Gasteiger partial charge in [0.2, 0.25) is 0 Å². The van der Waals surface area contributed by atoms with Crippen molar-refractivity contribution >= 4 is 0 Å². The van der Waals surface area contributed by atoms with Crippen LogP contribution in [0.5, 0.6) is 0 Å². The number of aryl methyl sites for hydroxylation is 1. The van der Waals surface area contributed by atoms with Gasteiger partial charge in [-0.2, -0.15) is 5.10 Å². The van der Waals surface area contributed by atoms with Crippen molar-refractivity contribution < 1.29 is 4.74 Å². The van der Waals surface area contributed by atoms with Crippen LogP contribution in [-0.2, 0) is 31.4 Å². The van der Waals surface area contributed by atoms with E-state index in [4.69, 9.17) is 4.74 Å². The highest BCUT2D eigenvalue weighted by Crippen LogP contribution is 2.18. The first kappa shape index (κ1) is 15.0. The second kappa shape index (κ2) is 6.89. The van der Waals surface area contributed by atoms with Crippen molar-refractivity contribution in [2.45, 2.75) is 19.6 Å². The van der Waals surface area contributed by atoms with E-state index in [0.29, 0.717) is 12.5 Å². The molecule has 0 bridgehead atoms. The molecule has 2 aromatic rings. The van der Waals surface area contributed by atoms with Gasteiger partial charge in [-0.3, -0.25) is 9.58 Å². The standard InChI is InChI=1S/C16H23N5O/c1-3-8-22-13-14-9-20(12-16-17-6-7-19(16)2)11-15-4-5-18-21(15)10-14/h3-7,14H,1,8-13H2,2H3. The van der Waals surface area contributed by atoms with Crippen molar-refractivity contribution in [1.29, 1.82) is 0 Å². The minimum absolute atomic E-state index is 0.418. The molecule has 0 radical (unpaired) electrons. The molecule has 3 rings (SSSR count). The van der Waals surface area contributed by atoms with E-state index in [1.165, 1.54) is 5.69 Å². The van der Waals surface area contributed by atoms with Gasteiger partial charge in [-0.25, -0.2) is 4.98 Å². The van der Waals surface area contributed by atoms with Crippen LogP contribution in [-0.4, -0.2) is 44.0 Å². The van der Waals surface area contributed by atoms with Gasteiger partial charge in [-0.05, 0) is 6.07 Å². The van der Waals surface area contributed by atoms with Crippen molar-refractivity contribution in [3.05, 3.63) is 48.8 Å². The summed E-state index contributed by atoms with van der Waals surface area (Å²) in [5.74, 6) is 1.50. The van der Waals surface area contributed by atoms with E-state index in [-0.39, 0.29) is 0 Å². The summed E-state index contributed by atoms with van der Waals surface area (Å²) in [6.45, 7) is 8.64. The van der Waals surface area contributed by atoms with Crippen LogP contribution in [0.2, 0.25) is 0 Å². The Morgan fingerprint density at radius 2 is 2.32 bits per heavy atom. The fourth-order valence-electron chi connectivity index (χ4n) is 2.91. The fourth-order valence-corrected chi connectivity index (χ4v) is 2.91. The van der Waals surface area contributed by atoms with Gasteiger partial charge in [0.05, 0.1) is 25.5 Å². The first-order chi connectivity index (χ1) is 10.8. The molecule has 0 aliphatic carbocycles. The summed E-state index contributed by atoms with van der Waals surface area (Å²) in [5.41, 5.74) is 1.25. The van der Waals surface area contributed by atoms with Crippen LogP contribution in [0.3, 0.4) is 0 Å². The molecule has 0 saturated heterocycles. The average Bonchev–Trinajstić information content (AvgIpc) is 3.05. The minimum atomic E-state index is 0.418. The Kier molecular flexibility index (Phi) is 4.70. The fraction of sp³-hybridized carbons (Fsp3) is 0.500. The summed E-state index contributed by atoms with van der Waals surface area (Å²) < 4.78 is 9.84. The van der Waals surface area contributed by atoms with Gasteiger partial charge >= 0.3 is 0 Å². The van der Waals surface area contributed by atoms with Gasteiger partial charge in [0, 0.05) is 51.2 Å². The molecule has 1 unspecified atom stereocenters. The Morgan fingerprint density at radius 1 is 1.41 bits per heavy atom. The van der Waals surface area contributed by atoms with Crippen LogP contribution in [0, 0.1) is 5.92 Å². The van der Waals surface area contributed by atoms with Crippen LogP contribution >= 0.6 is 0 Å². The van der Waals surface area contributed by atoms with E-state index >= 15 is 0 Å². The van der Waals surface area contributed by atoms with Gasteiger partial charge in [0.25, 0.3) is 0 Å². The van der Waals surface area contributed by atoms with Gasteiger partial charge in [-0.15, -0.1) is 6.58 Å². The molecule has 6 nitrogen and oxygen atoms in total. The number of nitrogens with zero attached hydrogens (tertiary/aromatic N) is 5. The van der Waals surface area contributed by atoms with E-state index in [2.05, 4.69) is 36.9 Å². The van der Waals surface area contributed by atoms with Gasteiger partial charge in [0.15, 0.2) is 0 Å². The Morgan fingerprint density at radius 3 is 3.09 bits per heavy atom. The first-order valence-corrected chi connectivity index (χ1v) is 7.64. The van der Waals surface area contributed by atoms with Crippen LogP contribution in [0.1, 0.15) is 11.5 Å². The zero-order valence-corrected chi connectivity index (χ0v) is 13.1. The van der Waals surface area contributed by atoms with E-state index < -0.39 is 0 Å². The van der Waals surface area contributed by atoms with Crippen molar-refractivity contribution in [3.8, 4) is 0 Å².